The van der Waals surface area contributed by atoms with E-state index >= 15 is 0 Å². The molecule has 2 bridgehead atoms. The molecule has 2 heteroatoms. The summed E-state index contributed by atoms with van der Waals surface area (Å²) in [6.07, 6.45) is 8.06. The molecule has 0 spiro atoms. The van der Waals surface area contributed by atoms with E-state index in [0.717, 1.165) is 11.7 Å². The van der Waals surface area contributed by atoms with Crippen LogP contribution >= 0.6 is 0 Å². The Balaban J connectivity index is 2.13. The summed E-state index contributed by atoms with van der Waals surface area (Å²) in [6.45, 7) is 2.49. The highest BCUT2D eigenvalue weighted by Crippen LogP contribution is 2.48. The quantitative estimate of drug-likeness (QED) is 0.814. The average Bonchev–Trinajstić information content (AvgIpc) is 2.44. The van der Waals surface area contributed by atoms with Crippen molar-refractivity contribution in [1.29, 1.82) is 0 Å². The third-order valence-electron chi connectivity index (χ3n) is 5.84. The van der Waals surface area contributed by atoms with Gasteiger partial charge in [0.05, 0.1) is 7.11 Å². The maximum absolute atomic E-state index is 5.50. The summed E-state index contributed by atoms with van der Waals surface area (Å²) >= 11 is 0. The fourth-order valence-electron chi connectivity index (χ4n) is 5.08. The lowest BCUT2D eigenvalue weighted by Gasteiger charge is -2.51. The first-order chi connectivity index (χ1) is 10.1. The largest absolute Gasteiger partial charge is 0.497 e. The van der Waals surface area contributed by atoms with Gasteiger partial charge in [-0.2, -0.15) is 0 Å². The molecule has 0 unspecified atom stereocenters. The summed E-state index contributed by atoms with van der Waals surface area (Å²) in [5, 5.41) is 0. The molecule has 2 nitrogen and oxygen atoms in total. The molecule has 3 atom stereocenters. The first-order valence-electron chi connectivity index (χ1n) is 8.40. The van der Waals surface area contributed by atoms with Gasteiger partial charge in [0.15, 0.2) is 0 Å². The number of benzene rings is 1. The summed E-state index contributed by atoms with van der Waals surface area (Å²) in [6, 6.07) is 7.41. The molecular weight excluding hydrogens is 258 g/mol. The van der Waals surface area contributed by atoms with Gasteiger partial charge >= 0.3 is 0 Å². The van der Waals surface area contributed by atoms with Crippen LogP contribution in [0.2, 0.25) is 0 Å². The van der Waals surface area contributed by atoms with E-state index in [1.54, 1.807) is 18.2 Å². The number of hydrogen-bond acceptors (Lipinski definition) is 2. The molecule has 0 amide bonds. The Morgan fingerprint density at radius 2 is 2.00 bits per heavy atom. The van der Waals surface area contributed by atoms with E-state index in [4.69, 9.17) is 4.74 Å². The SMILES string of the molecule is COc1ccc2c(c1)[C@@]1(C)CCCCC[C@@H](C2)[C@@H]1N(C)C. The Bertz CT molecular complexity index is 510. The van der Waals surface area contributed by atoms with E-state index in [0.29, 0.717) is 6.04 Å². The zero-order chi connectivity index (χ0) is 15.0. The standard InChI is InChI=1S/C19H29NO/c1-19-11-7-5-6-8-15(18(19)20(2)3)12-14-9-10-16(21-4)13-17(14)19/h9-10,13,15,18H,5-8,11-12H2,1-4H3/t15-,18-,19+/m0/s1. The van der Waals surface area contributed by atoms with Crippen molar-refractivity contribution in [3.05, 3.63) is 29.3 Å². The molecule has 0 N–H and O–H groups in total. The number of likely N-dealkylation sites (N-methyl/N-ethyl adjacent to an activating group) is 1. The van der Waals surface area contributed by atoms with Crippen molar-refractivity contribution >= 4 is 0 Å². The van der Waals surface area contributed by atoms with E-state index < -0.39 is 0 Å². The average molecular weight is 287 g/mol. The van der Waals surface area contributed by atoms with E-state index in [1.165, 1.54) is 38.5 Å². The maximum Gasteiger partial charge on any atom is 0.119 e. The Kier molecular flexibility index (Phi) is 4.00. The molecule has 0 aromatic heterocycles. The monoisotopic (exact) mass is 287 g/mol. The van der Waals surface area contributed by atoms with Gasteiger partial charge in [0, 0.05) is 11.5 Å². The van der Waals surface area contributed by atoms with Crippen LogP contribution in [0.25, 0.3) is 0 Å². The maximum atomic E-state index is 5.50. The predicted molar refractivity (Wildman–Crippen MR) is 88.1 cm³/mol. The number of rotatable bonds is 2. The fraction of sp³-hybridized carbons (Fsp3) is 0.684. The van der Waals surface area contributed by atoms with Crippen LogP contribution < -0.4 is 4.74 Å². The second-order valence-corrected chi connectivity index (χ2v) is 7.41. The summed E-state index contributed by atoms with van der Waals surface area (Å²) < 4.78 is 5.50. The summed E-state index contributed by atoms with van der Waals surface area (Å²) in [4.78, 5) is 2.48. The predicted octanol–water partition coefficient (Wildman–Crippen LogP) is 4.02. The summed E-state index contributed by atoms with van der Waals surface area (Å²) in [5.41, 5.74) is 3.36. The molecule has 1 aromatic rings. The molecule has 1 saturated carbocycles. The van der Waals surface area contributed by atoms with Crippen LogP contribution in [0.5, 0.6) is 5.75 Å². The lowest BCUT2D eigenvalue weighted by molar-refractivity contribution is 0.0826. The van der Waals surface area contributed by atoms with Gasteiger partial charge in [-0.15, -0.1) is 0 Å². The van der Waals surface area contributed by atoms with Crippen LogP contribution in [0.4, 0.5) is 0 Å². The van der Waals surface area contributed by atoms with Crippen molar-refractivity contribution in [2.24, 2.45) is 5.92 Å². The molecule has 2 aliphatic carbocycles. The van der Waals surface area contributed by atoms with E-state index in [1.807, 2.05) is 0 Å². The highest BCUT2D eigenvalue weighted by atomic mass is 16.5. The molecule has 116 valence electrons. The van der Waals surface area contributed by atoms with Crippen molar-refractivity contribution in [1.82, 2.24) is 4.90 Å². The number of ether oxygens (including phenoxy) is 1. The van der Waals surface area contributed by atoms with Gasteiger partial charge in [-0.25, -0.2) is 0 Å². The van der Waals surface area contributed by atoms with Crippen molar-refractivity contribution in [2.75, 3.05) is 21.2 Å². The second kappa shape index (κ2) is 5.64. The summed E-state index contributed by atoms with van der Waals surface area (Å²) in [7, 11) is 6.31. The number of methoxy groups -OCH3 is 1. The van der Waals surface area contributed by atoms with Gasteiger partial charge in [0.2, 0.25) is 0 Å². The molecule has 0 radical (unpaired) electrons. The van der Waals surface area contributed by atoms with E-state index in [2.05, 4.69) is 44.1 Å². The zero-order valence-electron chi connectivity index (χ0n) is 14.0. The second-order valence-electron chi connectivity index (χ2n) is 7.41. The minimum atomic E-state index is 0.261. The highest BCUT2D eigenvalue weighted by Gasteiger charge is 2.46. The fourth-order valence-corrected chi connectivity index (χ4v) is 5.08. The molecule has 0 saturated heterocycles. The molecule has 2 aliphatic rings. The van der Waals surface area contributed by atoms with Crippen LogP contribution in [0, 0.1) is 5.92 Å². The normalized spacial score (nSPS) is 32.2. The van der Waals surface area contributed by atoms with Crippen molar-refractivity contribution < 1.29 is 4.74 Å². The van der Waals surface area contributed by atoms with Crippen molar-refractivity contribution in [3.8, 4) is 5.75 Å². The van der Waals surface area contributed by atoms with Crippen LogP contribution in [-0.4, -0.2) is 32.1 Å². The molecular formula is C19H29NO. The minimum absolute atomic E-state index is 0.261. The van der Waals surface area contributed by atoms with Gasteiger partial charge < -0.3 is 9.64 Å². The summed E-state index contributed by atoms with van der Waals surface area (Å²) in [5.74, 6) is 1.80. The third kappa shape index (κ3) is 2.48. The van der Waals surface area contributed by atoms with Crippen molar-refractivity contribution in [2.45, 2.75) is 56.9 Å². The van der Waals surface area contributed by atoms with Gasteiger partial charge in [-0.3, -0.25) is 0 Å². The molecule has 1 aromatic carbocycles. The van der Waals surface area contributed by atoms with E-state index in [9.17, 15) is 0 Å². The smallest absolute Gasteiger partial charge is 0.119 e. The highest BCUT2D eigenvalue weighted by molar-refractivity contribution is 5.44. The molecule has 3 rings (SSSR count). The topological polar surface area (TPSA) is 12.5 Å². The van der Waals surface area contributed by atoms with Gasteiger partial charge in [0.25, 0.3) is 0 Å². The Labute approximate surface area is 129 Å². The molecule has 1 fully saturated rings. The number of nitrogens with zero attached hydrogens (tertiary/aromatic N) is 1. The van der Waals surface area contributed by atoms with Crippen LogP contribution in [0.15, 0.2) is 18.2 Å². The first kappa shape index (κ1) is 14.9. The Hall–Kier alpha value is -1.02. The van der Waals surface area contributed by atoms with Gasteiger partial charge in [-0.1, -0.05) is 32.3 Å². The van der Waals surface area contributed by atoms with Crippen LogP contribution in [-0.2, 0) is 11.8 Å². The Morgan fingerprint density at radius 3 is 2.71 bits per heavy atom. The van der Waals surface area contributed by atoms with E-state index in [-0.39, 0.29) is 5.41 Å². The lowest BCUT2D eigenvalue weighted by atomic mass is 9.59. The first-order valence-corrected chi connectivity index (χ1v) is 8.40. The van der Waals surface area contributed by atoms with Crippen LogP contribution in [0.3, 0.4) is 0 Å². The molecule has 21 heavy (non-hydrogen) atoms. The van der Waals surface area contributed by atoms with Crippen molar-refractivity contribution in [3.63, 3.8) is 0 Å². The molecule has 0 heterocycles. The lowest BCUT2D eigenvalue weighted by Crippen LogP contribution is -2.54. The zero-order valence-corrected chi connectivity index (χ0v) is 14.0. The number of fused-ring (bicyclic) bond motifs is 4. The molecule has 0 aliphatic heterocycles. The van der Waals surface area contributed by atoms with Gasteiger partial charge in [-0.05, 0) is 62.5 Å². The third-order valence-corrected chi connectivity index (χ3v) is 5.84. The Morgan fingerprint density at radius 1 is 1.19 bits per heavy atom. The van der Waals surface area contributed by atoms with Gasteiger partial charge in [0.1, 0.15) is 5.75 Å². The van der Waals surface area contributed by atoms with Crippen LogP contribution in [0.1, 0.15) is 50.2 Å². The minimum Gasteiger partial charge on any atom is -0.497 e. The number of hydrogen-bond donors (Lipinski definition) is 0.